The molecule has 1 fully saturated rings. The molecule has 1 amide bonds. The van der Waals surface area contributed by atoms with Crippen LogP contribution in [-0.4, -0.2) is 31.7 Å². The van der Waals surface area contributed by atoms with Gasteiger partial charge in [0, 0.05) is 36.9 Å². The number of nitrogens with zero attached hydrogens (tertiary/aromatic N) is 4. The highest BCUT2D eigenvalue weighted by Gasteiger charge is 2.30. The van der Waals surface area contributed by atoms with Gasteiger partial charge in [-0.2, -0.15) is 18.3 Å². The lowest BCUT2D eigenvalue weighted by molar-refractivity contribution is -0.137. The van der Waals surface area contributed by atoms with Crippen LogP contribution >= 0.6 is 0 Å². The number of aryl methyl sites for hydroxylation is 1. The predicted octanol–water partition coefficient (Wildman–Crippen LogP) is 6.54. The van der Waals surface area contributed by atoms with Crippen molar-refractivity contribution in [3.8, 4) is 17.4 Å². The molecule has 0 radical (unpaired) electrons. The number of aromatic nitrogens is 4. The minimum atomic E-state index is -4.44. The molecule has 1 N–H and O–H groups in total. The Morgan fingerprint density at radius 2 is 1.90 bits per heavy atom. The third-order valence-corrected chi connectivity index (χ3v) is 6.51. The largest absolute Gasteiger partial charge is 0.439 e. The van der Waals surface area contributed by atoms with Crippen LogP contribution in [0, 0.1) is 6.92 Å². The number of amides is 1. The topological polar surface area (TPSA) is 81.9 Å². The molecule has 4 aromatic rings. The molecule has 39 heavy (non-hydrogen) atoms. The van der Waals surface area contributed by atoms with Crippen molar-refractivity contribution in [1.82, 2.24) is 25.1 Å². The van der Waals surface area contributed by atoms with E-state index in [9.17, 15) is 18.0 Å². The van der Waals surface area contributed by atoms with E-state index in [0.29, 0.717) is 17.1 Å². The zero-order valence-corrected chi connectivity index (χ0v) is 21.2. The number of alkyl halides is 3. The van der Waals surface area contributed by atoms with Crippen molar-refractivity contribution >= 4 is 12.0 Å². The highest BCUT2D eigenvalue weighted by Crippen LogP contribution is 2.31. The Bertz CT molecular complexity index is 1470. The highest BCUT2D eigenvalue weighted by molar-refractivity contribution is 5.94. The average Bonchev–Trinajstić information content (AvgIpc) is 3.44. The summed E-state index contributed by atoms with van der Waals surface area (Å²) in [6.45, 7) is 1.90. The van der Waals surface area contributed by atoms with Crippen molar-refractivity contribution in [2.24, 2.45) is 0 Å². The molecule has 3 heterocycles. The van der Waals surface area contributed by atoms with E-state index in [0.717, 1.165) is 49.1 Å². The Balaban J connectivity index is 1.16. The zero-order valence-electron chi connectivity index (χ0n) is 21.2. The van der Waals surface area contributed by atoms with Crippen molar-refractivity contribution in [3.63, 3.8) is 0 Å². The second kappa shape index (κ2) is 11.1. The monoisotopic (exact) mass is 533 g/mol. The first-order valence-corrected chi connectivity index (χ1v) is 12.5. The van der Waals surface area contributed by atoms with E-state index in [1.807, 2.05) is 43.5 Å². The zero-order chi connectivity index (χ0) is 27.4. The predicted molar refractivity (Wildman–Crippen MR) is 140 cm³/mol. The number of carbonyl (C=O) groups is 1. The summed E-state index contributed by atoms with van der Waals surface area (Å²) < 4.78 is 45.6. The highest BCUT2D eigenvalue weighted by atomic mass is 19.4. The van der Waals surface area contributed by atoms with Gasteiger partial charge in [-0.25, -0.2) is 14.6 Å². The Labute approximate surface area is 223 Å². The molecular weight excluding hydrogens is 507 g/mol. The van der Waals surface area contributed by atoms with Gasteiger partial charge in [0.2, 0.25) is 5.88 Å². The summed E-state index contributed by atoms with van der Waals surface area (Å²) in [5.41, 5.74) is 2.74. The lowest BCUT2D eigenvalue weighted by atomic mass is 9.89. The van der Waals surface area contributed by atoms with Gasteiger partial charge in [0.05, 0.1) is 11.1 Å². The molecule has 5 rings (SSSR count). The molecule has 0 aliphatic heterocycles. The third kappa shape index (κ3) is 6.51. The number of rotatable bonds is 6. The molecule has 0 spiro atoms. The number of nitrogens with one attached hydrogen (secondary N) is 1. The smallest absolute Gasteiger partial charge is 0.417 e. The molecule has 7 nitrogen and oxygen atoms in total. The van der Waals surface area contributed by atoms with Crippen LogP contribution in [0.15, 0.2) is 78.9 Å². The second-order valence-corrected chi connectivity index (χ2v) is 9.42. The van der Waals surface area contributed by atoms with Crippen LogP contribution in [0.25, 0.3) is 11.9 Å². The Morgan fingerprint density at radius 1 is 1.08 bits per heavy atom. The number of benzene rings is 1. The van der Waals surface area contributed by atoms with E-state index in [-0.39, 0.29) is 17.8 Å². The van der Waals surface area contributed by atoms with Crippen molar-refractivity contribution in [3.05, 3.63) is 101 Å². The molecule has 3 aromatic heterocycles. The molecule has 1 aliphatic rings. The van der Waals surface area contributed by atoms with Gasteiger partial charge in [0.25, 0.3) is 5.91 Å². The fraction of sp³-hybridized carbons (Fsp3) is 0.241. The lowest BCUT2D eigenvalue weighted by Gasteiger charge is -2.25. The van der Waals surface area contributed by atoms with E-state index in [1.165, 1.54) is 11.6 Å². The maximum Gasteiger partial charge on any atom is 0.417 e. The maximum atomic E-state index is 12.8. The molecule has 1 aliphatic carbocycles. The molecule has 1 aromatic carbocycles. The van der Waals surface area contributed by atoms with Crippen molar-refractivity contribution in [1.29, 1.82) is 0 Å². The Hall–Kier alpha value is -4.47. The molecule has 0 unspecified atom stereocenters. The Kier molecular flexibility index (Phi) is 7.44. The van der Waals surface area contributed by atoms with Crippen LogP contribution in [0.5, 0.6) is 11.6 Å². The van der Waals surface area contributed by atoms with Crippen LogP contribution in [0.1, 0.15) is 52.7 Å². The van der Waals surface area contributed by atoms with E-state index < -0.39 is 11.7 Å². The van der Waals surface area contributed by atoms with Crippen molar-refractivity contribution in [2.75, 3.05) is 0 Å². The third-order valence-electron chi connectivity index (χ3n) is 6.51. The van der Waals surface area contributed by atoms with Crippen molar-refractivity contribution < 1.29 is 22.7 Å². The van der Waals surface area contributed by atoms with Crippen LogP contribution in [0.4, 0.5) is 13.2 Å². The first-order valence-electron chi connectivity index (χ1n) is 12.5. The van der Waals surface area contributed by atoms with E-state index in [2.05, 4.69) is 26.5 Å². The van der Waals surface area contributed by atoms with Crippen LogP contribution in [-0.2, 0) is 6.18 Å². The molecule has 0 atom stereocenters. The summed E-state index contributed by atoms with van der Waals surface area (Å²) in [5.74, 6) is 1.12. The van der Waals surface area contributed by atoms with Gasteiger partial charge in [-0.05, 0) is 74.1 Å². The summed E-state index contributed by atoms with van der Waals surface area (Å²) in [7, 11) is 0. The molecule has 10 heteroatoms. The quantitative estimate of drug-likeness (QED) is 0.304. The van der Waals surface area contributed by atoms with Gasteiger partial charge >= 0.3 is 6.18 Å². The number of allylic oxidation sites excluding steroid dienone is 1. The van der Waals surface area contributed by atoms with E-state index in [4.69, 9.17) is 4.74 Å². The van der Waals surface area contributed by atoms with Gasteiger partial charge in [-0.3, -0.25) is 4.79 Å². The normalized spacial score (nSPS) is 15.6. The molecule has 200 valence electrons. The summed E-state index contributed by atoms with van der Waals surface area (Å²) in [6, 6.07) is 13.2. The number of ether oxygens (including phenoxy) is 1. The number of hydrogen-bond acceptors (Lipinski definition) is 5. The van der Waals surface area contributed by atoms with Crippen molar-refractivity contribution in [2.45, 2.75) is 44.8 Å². The van der Waals surface area contributed by atoms with Crippen LogP contribution in [0.3, 0.4) is 0 Å². The van der Waals surface area contributed by atoms with Gasteiger partial charge < -0.3 is 10.1 Å². The minimum Gasteiger partial charge on any atom is -0.439 e. The molecule has 0 saturated heterocycles. The van der Waals surface area contributed by atoms with E-state index >= 15 is 0 Å². The molecular formula is C29H26F3N5O2. The number of pyridine rings is 2. The standard InChI is InChI=1S/C29H26F3N5O2/c1-19-14-22(17-34-27(19)37-13-3-12-35-37)28(38)36-24-9-6-20(7-10-24)15-21-4-2-5-25(16-21)39-26-11-8-23(18-33-26)29(30,31)32/h2-5,8,11-18,24H,6-7,9-10H2,1H3,(H,36,38). The number of carbonyl (C=O) groups excluding carboxylic acids is 1. The van der Waals surface area contributed by atoms with Gasteiger partial charge in [0.1, 0.15) is 5.75 Å². The first kappa shape index (κ1) is 26.1. The summed E-state index contributed by atoms with van der Waals surface area (Å²) in [5, 5.41) is 7.32. The summed E-state index contributed by atoms with van der Waals surface area (Å²) >= 11 is 0. The summed E-state index contributed by atoms with van der Waals surface area (Å²) in [4.78, 5) is 21.0. The fourth-order valence-electron chi connectivity index (χ4n) is 4.50. The first-order chi connectivity index (χ1) is 18.7. The van der Waals surface area contributed by atoms with Crippen LogP contribution in [0.2, 0.25) is 0 Å². The molecule has 1 saturated carbocycles. The number of hydrogen-bond donors (Lipinski definition) is 1. The van der Waals surface area contributed by atoms with Gasteiger partial charge in [-0.1, -0.05) is 23.8 Å². The van der Waals surface area contributed by atoms with Gasteiger partial charge in [-0.15, -0.1) is 0 Å². The average molecular weight is 534 g/mol. The number of halogens is 3. The Morgan fingerprint density at radius 3 is 2.56 bits per heavy atom. The SMILES string of the molecule is Cc1cc(C(=O)NC2CCC(=Cc3cccc(Oc4ccc(C(F)(F)F)cn4)c3)CC2)cnc1-n1cccn1. The summed E-state index contributed by atoms with van der Waals surface area (Å²) in [6.07, 6.45) is 6.78. The fourth-order valence-corrected chi connectivity index (χ4v) is 4.50. The lowest BCUT2D eigenvalue weighted by Crippen LogP contribution is -2.36. The maximum absolute atomic E-state index is 12.8. The van der Waals surface area contributed by atoms with Crippen LogP contribution < -0.4 is 10.1 Å². The van der Waals surface area contributed by atoms with Gasteiger partial charge in [0.15, 0.2) is 5.82 Å². The second-order valence-electron chi connectivity index (χ2n) is 9.42. The molecule has 0 bridgehead atoms. The minimum absolute atomic E-state index is 0.0705. The van der Waals surface area contributed by atoms with E-state index in [1.54, 1.807) is 23.1 Å².